The van der Waals surface area contributed by atoms with Gasteiger partial charge in [0.05, 0.1) is 12.3 Å². The van der Waals surface area contributed by atoms with Crippen molar-refractivity contribution in [2.45, 2.75) is 32.8 Å². The van der Waals surface area contributed by atoms with Gasteiger partial charge >= 0.3 is 0 Å². The molecule has 0 aliphatic carbocycles. The summed E-state index contributed by atoms with van der Waals surface area (Å²) in [6, 6.07) is 9.60. The van der Waals surface area contributed by atoms with E-state index in [1.165, 1.54) is 6.07 Å². The van der Waals surface area contributed by atoms with Crippen LogP contribution in [-0.4, -0.2) is 10.1 Å². The van der Waals surface area contributed by atoms with Crippen molar-refractivity contribution in [2.75, 3.05) is 0 Å². The van der Waals surface area contributed by atoms with Gasteiger partial charge in [0.1, 0.15) is 0 Å². The average molecular weight is 275 g/mol. The van der Waals surface area contributed by atoms with Crippen molar-refractivity contribution in [3.8, 4) is 11.6 Å². The third-order valence-electron chi connectivity index (χ3n) is 2.86. The standard InChI is InChI=1S/C16H18FNO2/c1-16(2,3)14-8-11(10-19)9-15(18-14)20-13-7-5-4-6-12(13)17/h4-9,19H,10H2,1-3H3. The van der Waals surface area contributed by atoms with Gasteiger partial charge < -0.3 is 9.84 Å². The highest BCUT2D eigenvalue weighted by Gasteiger charge is 2.18. The van der Waals surface area contributed by atoms with Gasteiger partial charge in [-0.1, -0.05) is 32.9 Å². The van der Waals surface area contributed by atoms with Crippen LogP contribution >= 0.6 is 0 Å². The molecule has 0 aliphatic heterocycles. The highest BCUT2D eigenvalue weighted by molar-refractivity contribution is 5.33. The number of para-hydroxylation sites is 1. The van der Waals surface area contributed by atoms with Crippen LogP contribution in [-0.2, 0) is 12.0 Å². The van der Waals surface area contributed by atoms with Crippen molar-refractivity contribution in [3.63, 3.8) is 0 Å². The van der Waals surface area contributed by atoms with Gasteiger partial charge in [0.15, 0.2) is 11.6 Å². The van der Waals surface area contributed by atoms with Crippen molar-refractivity contribution in [1.29, 1.82) is 0 Å². The predicted molar refractivity (Wildman–Crippen MR) is 75.3 cm³/mol. The number of ether oxygens (including phenoxy) is 1. The molecule has 2 rings (SSSR count). The Morgan fingerprint density at radius 2 is 1.90 bits per heavy atom. The lowest BCUT2D eigenvalue weighted by Crippen LogP contribution is -2.14. The largest absolute Gasteiger partial charge is 0.436 e. The number of halogens is 1. The van der Waals surface area contributed by atoms with Gasteiger partial charge in [-0.15, -0.1) is 0 Å². The van der Waals surface area contributed by atoms with E-state index in [1.54, 1.807) is 24.3 Å². The average Bonchev–Trinajstić information content (AvgIpc) is 2.40. The first-order valence-electron chi connectivity index (χ1n) is 6.45. The summed E-state index contributed by atoms with van der Waals surface area (Å²) in [7, 11) is 0. The van der Waals surface area contributed by atoms with Gasteiger partial charge in [0, 0.05) is 11.5 Å². The minimum atomic E-state index is -0.444. The molecule has 0 atom stereocenters. The lowest BCUT2D eigenvalue weighted by Gasteiger charge is -2.19. The zero-order chi connectivity index (χ0) is 14.8. The highest BCUT2D eigenvalue weighted by Crippen LogP contribution is 2.28. The molecule has 1 heterocycles. The second-order valence-electron chi connectivity index (χ2n) is 5.64. The monoisotopic (exact) mass is 275 g/mol. The van der Waals surface area contributed by atoms with Crippen LogP contribution in [0.2, 0.25) is 0 Å². The first kappa shape index (κ1) is 14.5. The van der Waals surface area contributed by atoms with Crippen LogP contribution in [0.5, 0.6) is 11.6 Å². The number of aromatic nitrogens is 1. The zero-order valence-corrected chi connectivity index (χ0v) is 11.9. The lowest BCUT2D eigenvalue weighted by molar-refractivity contribution is 0.280. The molecular formula is C16H18FNO2. The molecule has 1 aromatic carbocycles. The van der Waals surface area contributed by atoms with Crippen LogP contribution in [0, 0.1) is 5.82 Å². The summed E-state index contributed by atoms with van der Waals surface area (Å²) in [6.45, 7) is 5.94. The predicted octanol–water partition coefficient (Wildman–Crippen LogP) is 3.80. The molecule has 106 valence electrons. The number of benzene rings is 1. The fourth-order valence-corrected chi connectivity index (χ4v) is 1.73. The smallest absolute Gasteiger partial charge is 0.219 e. The normalized spacial score (nSPS) is 11.4. The Labute approximate surface area is 118 Å². The minimum absolute atomic E-state index is 0.112. The van der Waals surface area contributed by atoms with Gasteiger partial charge in [-0.2, -0.15) is 0 Å². The van der Waals surface area contributed by atoms with E-state index < -0.39 is 5.82 Å². The summed E-state index contributed by atoms with van der Waals surface area (Å²) >= 11 is 0. The highest BCUT2D eigenvalue weighted by atomic mass is 19.1. The Hall–Kier alpha value is -1.94. The number of aliphatic hydroxyl groups excluding tert-OH is 1. The fraction of sp³-hybridized carbons (Fsp3) is 0.312. The first-order chi connectivity index (χ1) is 9.40. The fourth-order valence-electron chi connectivity index (χ4n) is 1.73. The maximum atomic E-state index is 13.6. The Bertz CT molecular complexity index is 606. The zero-order valence-electron chi connectivity index (χ0n) is 11.9. The molecule has 0 bridgehead atoms. The SMILES string of the molecule is CC(C)(C)c1cc(CO)cc(Oc2ccccc2F)n1. The van der Waals surface area contributed by atoms with E-state index in [0.717, 1.165) is 5.69 Å². The molecule has 0 amide bonds. The molecule has 0 saturated heterocycles. The van der Waals surface area contributed by atoms with E-state index in [1.807, 2.05) is 26.8 Å². The van der Waals surface area contributed by atoms with E-state index in [9.17, 15) is 9.50 Å². The number of pyridine rings is 1. The van der Waals surface area contributed by atoms with E-state index in [2.05, 4.69) is 4.98 Å². The molecular weight excluding hydrogens is 257 g/mol. The topological polar surface area (TPSA) is 42.4 Å². The number of hydrogen-bond donors (Lipinski definition) is 1. The van der Waals surface area contributed by atoms with Gasteiger partial charge in [0.2, 0.25) is 5.88 Å². The summed E-state index contributed by atoms with van der Waals surface area (Å²) < 4.78 is 19.1. The third-order valence-corrected chi connectivity index (χ3v) is 2.86. The van der Waals surface area contributed by atoms with Gasteiger partial charge in [0.25, 0.3) is 0 Å². The molecule has 0 fully saturated rings. The molecule has 0 aliphatic rings. The first-order valence-corrected chi connectivity index (χ1v) is 6.45. The van der Waals surface area contributed by atoms with Crippen LogP contribution in [0.25, 0.3) is 0 Å². The molecule has 0 saturated carbocycles. The number of aliphatic hydroxyl groups is 1. The van der Waals surface area contributed by atoms with Crippen molar-refractivity contribution >= 4 is 0 Å². The second kappa shape index (κ2) is 5.59. The van der Waals surface area contributed by atoms with Crippen LogP contribution in [0.1, 0.15) is 32.0 Å². The van der Waals surface area contributed by atoms with Crippen LogP contribution in [0.3, 0.4) is 0 Å². The molecule has 0 spiro atoms. The summed E-state index contributed by atoms with van der Waals surface area (Å²) in [6.07, 6.45) is 0. The van der Waals surface area contributed by atoms with E-state index >= 15 is 0 Å². The van der Waals surface area contributed by atoms with Crippen molar-refractivity contribution in [3.05, 3.63) is 53.5 Å². The van der Waals surface area contributed by atoms with Crippen LogP contribution in [0.4, 0.5) is 4.39 Å². The van der Waals surface area contributed by atoms with Crippen molar-refractivity contribution in [1.82, 2.24) is 4.98 Å². The minimum Gasteiger partial charge on any atom is -0.436 e. The Morgan fingerprint density at radius 3 is 2.50 bits per heavy atom. The van der Waals surface area contributed by atoms with E-state index in [0.29, 0.717) is 5.56 Å². The molecule has 20 heavy (non-hydrogen) atoms. The number of nitrogens with zero attached hydrogens (tertiary/aromatic N) is 1. The van der Waals surface area contributed by atoms with Crippen LogP contribution < -0.4 is 4.74 Å². The van der Waals surface area contributed by atoms with Crippen LogP contribution in [0.15, 0.2) is 36.4 Å². The molecule has 0 unspecified atom stereocenters. The molecule has 1 aromatic heterocycles. The van der Waals surface area contributed by atoms with E-state index in [4.69, 9.17) is 4.74 Å². The van der Waals surface area contributed by atoms with Crippen molar-refractivity contribution in [2.24, 2.45) is 0 Å². The Morgan fingerprint density at radius 1 is 1.20 bits per heavy atom. The summed E-state index contributed by atoms with van der Waals surface area (Å²) in [5.41, 5.74) is 1.30. The molecule has 4 heteroatoms. The van der Waals surface area contributed by atoms with Gasteiger partial charge in [-0.25, -0.2) is 9.37 Å². The second-order valence-corrected chi connectivity index (χ2v) is 5.64. The molecule has 3 nitrogen and oxygen atoms in total. The Balaban J connectivity index is 2.39. The third kappa shape index (κ3) is 3.33. The summed E-state index contributed by atoms with van der Waals surface area (Å²) in [4.78, 5) is 4.39. The molecule has 1 N–H and O–H groups in total. The maximum absolute atomic E-state index is 13.6. The number of hydrogen-bond acceptors (Lipinski definition) is 3. The van der Waals surface area contributed by atoms with Gasteiger partial charge in [-0.05, 0) is 23.8 Å². The quantitative estimate of drug-likeness (QED) is 0.926. The lowest BCUT2D eigenvalue weighted by atomic mass is 9.91. The molecule has 0 radical (unpaired) electrons. The Kier molecular flexibility index (Phi) is 4.04. The summed E-state index contributed by atoms with van der Waals surface area (Å²) in [5.74, 6) is -0.0393. The van der Waals surface area contributed by atoms with E-state index in [-0.39, 0.29) is 23.7 Å². The number of rotatable bonds is 3. The van der Waals surface area contributed by atoms with Crippen molar-refractivity contribution < 1.29 is 14.2 Å². The summed E-state index contributed by atoms with van der Waals surface area (Å²) in [5, 5.41) is 9.32. The van der Waals surface area contributed by atoms with Gasteiger partial charge in [-0.3, -0.25) is 0 Å². The molecule has 2 aromatic rings. The maximum Gasteiger partial charge on any atom is 0.219 e.